The fourth-order valence-corrected chi connectivity index (χ4v) is 4.30. The number of aromatic amines is 1. The van der Waals surface area contributed by atoms with Crippen LogP contribution in [0.3, 0.4) is 0 Å². The van der Waals surface area contributed by atoms with Crippen molar-refractivity contribution in [1.82, 2.24) is 14.5 Å². The number of ether oxygens (including phenoxy) is 1. The summed E-state index contributed by atoms with van der Waals surface area (Å²) in [7, 11) is 1.50. The largest absolute Gasteiger partial charge is 0.383 e. The van der Waals surface area contributed by atoms with Crippen LogP contribution in [0.15, 0.2) is 46.0 Å². The Balaban J connectivity index is 1.76. The van der Waals surface area contributed by atoms with Gasteiger partial charge in [-0.05, 0) is 30.4 Å². The lowest BCUT2D eigenvalue weighted by Gasteiger charge is -2.34. The highest BCUT2D eigenvalue weighted by Crippen LogP contribution is 2.25. The molecule has 10 heteroatoms. The van der Waals surface area contributed by atoms with Gasteiger partial charge in [-0.1, -0.05) is 44.2 Å². The molecule has 0 aliphatic carbocycles. The van der Waals surface area contributed by atoms with Crippen LogP contribution >= 0.6 is 0 Å². The summed E-state index contributed by atoms with van der Waals surface area (Å²) in [6, 6.07) is 9.56. The van der Waals surface area contributed by atoms with Crippen LogP contribution in [0.25, 0.3) is 6.08 Å². The van der Waals surface area contributed by atoms with Crippen molar-refractivity contribution in [1.29, 1.82) is 0 Å². The second-order valence-corrected chi connectivity index (χ2v) is 9.32. The van der Waals surface area contributed by atoms with Crippen LogP contribution in [-0.4, -0.2) is 59.6 Å². The molecule has 2 heterocycles. The summed E-state index contributed by atoms with van der Waals surface area (Å²) in [5.41, 5.74) is 5.85. The maximum absolute atomic E-state index is 13.6. The van der Waals surface area contributed by atoms with E-state index >= 15 is 0 Å². The minimum Gasteiger partial charge on any atom is -0.383 e. The highest BCUT2D eigenvalue weighted by atomic mass is 16.5. The molecule has 0 saturated carbocycles. The molecule has 1 aromatic heterocycles. The monoisotopic (exact) mass is 497 g/mol. The predicted molar refractivity (Wildman–Crippen MR) is 140 cm³/mol. The number of carbonyl (C=O) groups is 2. The highest BCUT2D eigenvalue weighted by Gasteiger charge is 2.33. The van der Waals surface area contributed by atoms with Gasteiger partial charge in [0.1, 0.15) is 5.82 Å². The first-order chi connectivity index (χ1) is 17.2. The van der Waals surface area contributed by atoms with Crippen molar-refractivity contribution in [2.45, 2.75) is 33.2 Å². The number of anilines is 2. The van der Waals surface area contributed by atoms with Gasteiger partial charge in [-0.25, -0.2) is 4.79 Å². The average molecular weight is 498 g/mol. The Morgan fingerprint density at radius 1 is 1.19 bits per heavy atom. The van der Waals surface area contributed by atoms with Gasteiger partial charge in [-0.3, -0.25) is 23.9 Å². The molecule has 0 spiro atoms. The van der Waals surface area contributed by atoms with Crippen molar-refractivity contribution < 1.29 is 14.3 Å². The molecule has 194 valence electrons. The standard InChI is InChI=1S/C26H35N5O5/c1-18(2)17-31-23(27)22(24(33)28-26(31)35)30(15-16-36-3)25(34)20-11-13-29(14-12-20)21(32)10-9-19-7-5-4-6-8-19/h4-10,18,20H,11-17,27H2,1-3H3,(H,28,33,35)/b10-9+. The summed E-state index contributed by atoms with van der Waals surface area (Å²) in [6.45, 7) is 5.30. The molecule has 3 N–H and O–H groups in total. The Labute approximate surface area is 210 Å². The first-order valence-corrected chi connectivity index (χ1v) is 12.2. The number of piperidine rings is 1. The van der Waals surface area contributed by atoms with Gasteiger partial charge in [0, 0.05) is 45.3 Å². The second-order valence-electron chi connectivity index (χ2n) is 9.32. The van der Waals surface area contributed by atoms with Crippen molar-refractivity contribution in [3.8, 4) is 0 Å². The number of aromatic nitrogens is 2. The third-order valence-electron chi connectivity index (χ3n) is 6.19. The number of H-pyrrole nitrogens is 1. The molecule has 2 aromatic rings. The van der Waals surface area contributed by atoms with Gasteiger partial charge < -0.3 is 20.3 Å². The maximum atomic E-state index is 13.6. The molecule has 1 aromatic carbocycles. The molecule has 3 rings (SSSR count). The van der Waals surface area contributed by atoms with Crippen LogP contribution in [0.1, 0.15) is 32.3 Å². The number of hydrogen-bond donors (Lipinski definition) is 2. The minimum absolute atomic E-state index is 0.0402. The van der Waals surface area contributed by atoms with Crippen molar-refractivity contribution in [3.63, 3.8) is 0 Å². The number of nitrogens with two attached hydrogens (primary N) is 1. The third-order valence-corrected chi connectivity index (χ3v) is 6.19. The molecule has 36 heavy (non-hydrogen) atoms. The zero-order valence-corrected chi connectivity index (χ0v) is 21.1. The van der Waals surface area contributed by atoms with Crippen LogP contribution in [0, 0.1) is 11.8 Å². The molecule has 10 nitrogen and oxygen atoms in total. The van der Waals surface area contributed by atoms with E-state index in [1.165, 1.54) is 16.6 Å². The van der Waals surface area contributed by atoms with E-state index < -0.39 is 17.2 Å². The van der Waals surface area contributed by atoms with Gasteiger partial charge in [0.15, 0.2) is 5.69 Å². The normalized spacial score (nSPS) is 14.5. The number of hydrogen-bond acceptors (Lipinski definition) is 6. The van der Waals surface area contributed by atoms with Crippen LogP contribution in [0.5, 0.6) is 0 Å². The van der Waals surface area contributed by atoms with Crippen molar-refractivity contribution in [3.05, 3.63) is 62.8 Å². The summed E-state index contributed by atoms with van der Waals surface area (Å²) in [4.78, 5) is 56.7. The van der Waals surface area contributed by atoms with E-state index in [0.717, 1.165) is 5.56 Å². The zero-order valence-electron chi connectivity index (χ0n) is 21.1. The highest BCUT2D eigenvalue weighted by molar-refractivity contribution is 5.97. The maximum Gasteiger partial charge on any atom is 0.330 e. The molecular formula is C26H35N5O5. The number of amides is 2. The molecule has 0 radical (unpaired) electrons. The lowest BCUT2D eigenvalue weighted by Crippen LogP contribution is -2.48. The molecule has 0 unspecified atom stereocenters. The summed E-state index contributed by atoms with van der Waals surface area (Å²) in [5.74, 6) is -0.716. The molecule has 1 saturated heterocycles. The van der Waals surface area contributed by atoms with Crippen molar-refractivity contribution >= 4 is 29.4 Å². The molecule has 2 amide bonds. The Morgan fingerprint density at radius 2 is 1.86 bits per heavy atom. The number of carbonyl (C=O) groups excluding carboxylic acids is 2. The van der Waals surface area contributed by atoms with Crippen LogP contribution in [0.4, 0.5) is 11.5 Å². The number of likely N-dealkylation sites (tertiary alicyclic amines) is 1. The smallest absolute Gasteiger partial charge is 0.330 e. The topological polar surface area (TPSA) is 131 Å². The first-order valence-electron chi connectivity index (χ1n) is 12.2. The lowest BCUT2D eigenvalue weighted by atomic mass is 9.95. The fourth-order valence-electron chi connectivity index (χ4n) is 4.30. The van der Waals surface area contributed by atoms with E-state index in [1.807, 2.05) is 44.2 Å². The zero-order chi connectivity index (χ0) is 26.2. The van der Waals surface area contributed by atoms with Gasteiger partial charge in [0.2, 0.25) is 11.8 Å². The van der Waals surface area contributed by atoms with E-state index in [-0.39, 0.29) is 42.4 Å². The van der Waals surface area contributed by atoms with Gasteiger partial charge in [0.25, 0.3) is 5.56 Å². The number of methoxy groups -OCH3 is 1. The quantitative estimate of drug-likeness (QED) is 0.507. The summed E-state index contributed by atoms with van der Waals surface area (Å²) < 4.78 is 6.45. The van der Waals surface area contributed by atoms with Gasteiger partial charge in [-0.2, -0.15) is 0 Å². The molecule has 1 aliphatic heterocycles. The summed E-state index contributed by atoms with van der Waals surface area (Å²) in [6.07, 6.45) is 4.22. The van der Waals surface area contributed by atoms with Gasteiger partial charge in [0.05, 0.1) is 6.61 Å². The van der Waals surface area contributed by atoms with E-state index in [1.54, 1.807) is 17.1 Å². The Bertz CT molecular complexity index is 1190. The number of benzene rings is 1. The molecule has 1 aliphatic rings. The lowest BCUT2D eigenvalue weighted by molar-refractivity contribution is -0.131. The summed E-state index contributed by atoms with van der Waals surface area (Å²) >= 11 is 0. The van der Waals surface area contributed by atoms with E-state index in [0.29, 0.717) is 32.5 Å². The molecular weight excluding hydrogens is 462 g/mol. The van der Waals surface area contributed by atoms with E-state index in [2.05, 4.69) is 4.98 Å². The Morgan fingerprint density at radius 3 is 2.47 bits per heavy atom. The average Bonchev–Trinajstić information content (AvgIpc) is 2.87. The van der Waals surface area contributed by atoms with Crippen LogP contribution in [0.2, 0.25) is 0 Å². The SMILES string of the molecule is COCCN(C(=O)C1CCN(C(=O)/C=C/c2ccccc2)CC1)c1c(N)n(CC(C)C)c(=O)[nH]c1=O. The van der Waals surface area contributed by atoms with Crippen LogP contribution < -0.4 is 21.9 Å². The third kappa shape index (κ3) is 6.51. The first kappa shape index (κ1) is 26.9. The van der Waals surface area contributed by atoms with Gasteiger partial charge in [-0.15, -0.1) is 0 Å². The van der Waals surface area contributed by atoms with Crippen molar-refractivity contribution in [2.24, 2.45) is 11.8 Å². The summed E-state index contributed by atoms with van der Waals surface area (Å²) in [5, 5.41) is 0. The number of rotatable bonds is 9. The number of nitrogens with one attached hydrogen (secondary N) is 1. The molecule has 0 atom stereocenters. The van der Waals surface area contributed by atoms with Gasteiger partial charge >= 0.3 is 5.69 Å². The predicted octanol–water partition coefficient (Wildman–Crippen LogP) is 1.71. The molecule has 1 fully saturated rings. The number of nitrogens with zero attached hydrogens (tertiary/aromatic N) is 3. The minimum atomic E-state index is -0.708. The van der Waals surface area contributed by atoms with E-state index in [9.17, 15) is 19.2 Å². The van der Waals surface area contributed by atoms with E-state index in [4.69, 9.17) is 10.5 Å². The number of nitrogen functional groups attached to an aromatic ring is 1. The Hall–Kier alpha value is -3.66. The second kappa shape index (κ2) is 12.3. The Kier molecular flexibility index (Phi) is 9.24. The molecule has 0 bridgehead atoms. The fraction of sp³-hybridized carbons (Fsp3) is 0.462. The van der Waals surface area contributed by atoms with Crippen LogP contribution in [-0.2, 0) is 20.9 Å². The van der Waals surface area contributed by atoms with Crippen molar-refractivity contribution in [2.75, 3.05) is 44.0 Å².